The molecule has 1 rings (SSSR count). The molecule has 3 heteroatoms. The second kappa shape index (κ2) is 3.87. The van der Waals surface area contributed by atoms with Gasteiger partial charge in [0.25, 0.3) is 0 Å². The van der Waals surface area contributed by atoms with Crippen LogP contribution in [0.5, 0.6) is 0 Å². The lowest BCUT2D eigenvalue weighted by Crippen LogP contribution is -2.24. The maximum Gasteiger partial charge on any atom is 0.409 e. The Morgan fingerprint density at radius 1 is 1.73 bits per heavy atom. The Bertz CT molecular complexity index is 202. The van der Waals surface area contributed by atoms with Gasteiger partial charge in [-0.25, -0.2) is 4.79 Å². The molecule has 1 amide bonds. The molecule has 0 spiro atoms. The van der Waals surface area contributed by atoms with Crippen molar-refractivity contribution in [3.05, 3.63) is 0 Å². The van der Waals surface area contributed by atoms with Crippen LogP contribution in [-0.4, -0.2) is 30.7 Å². The van der Waals surface area contributed by atoms with Crippen molar-refractivity contribution in [3.63, 3.8) is 0 Å². The number of hydrogen-bond acceptors (Lipinski definition) is 2. The molecular formula is C8H11NO2. The molecule has 11 heavy (non-hydrogen) atoms. The van der Waals surface area contributed by atoms with E-state index in [1.807, 2.05) is 0 Å². The van der Waals surface area contributed by atoms with Crippen molar-refractivity contribution in [3.8, 4) is 11.8 Å². The summed E-state index contributed by atoms with van der Waals surface area (Å²) in [4.78, 5) is 12.5. The Kier molecular flexibility index (Phi) is 2.79. The molecule has 60 valence electrons. The highest BCUT2D eigenvalue weighted by molar-refractivity contribution is 5.69. The van der Waals surface area contributed by atoms with Crippen molar-refractivity contribution < 1.29 is 9.53 Å². The van der Waals surface area contributed by atoms with Gasteiger partial charge in [-0.2, -0.15) is 0 Å². The van der Waals surface area contributed by atoms with E-state index in [0.29, 0.717) is 19.7 Å². The smallest absolute Gasteiger partial charge is 0.409 e. The molecule has 0 aliphatic carbocycles. The molecule has 0 atom stereocenters. The van der Waals surface area contributed by atoms with Crippen LogP contribution >= 0.6 is 0 Å². The number of rotatable bonds is 2. The molecule has 0 unspecified atom stereocenters. The molecule has 0 N–H and O–H groups in total. The number of hydrogen-bond donors (Lipinski definition) is 0. The lowest BCUT2D eigenvalue weighted by atomic mass is 10.4. The summed E-state index contributed by atoms with van der Waals surface area (Å²) in [6.07, 6.45) is 0.536. The minimum Gasteiger partial charge on any atom is -0.448 e. The van der Waals surface area contributed by atoms with E-state index in [9.17, 15) is 4.79 Å². The summed E-state index contributed by atoms with van der Waals surface area (Å²) in [5, 5.41) is 0. The van der Waals surface area contributed by atoms with E-state index < -0.39 is 0 Å². The quantitative estimate of drug-likeness (QED) is 0.550. The molecule has 0 aromatic carbocycles. The van der Waals surface area contributed by atoms with Crippen molar-refractivity contribution in [1.82, 2.24) is 4.90 Å². The number of amides is 1. The molecule has 1 aliphatic heterocycles. The molecule has 0 aromatic heterocycles. The van der Waals surface area contributed by atoms with Gasteiger partial charge in [-0.15, -0.1) is 11.8 Å². The topological polar surface area (TPSA) is 29.5 Å². The molecule has 1 aliphatic rings. The maximum absolute atomic E-state index is 10.8. The second-order valence-electron chi connectivity index (χ2n) is 2.28. The molecule has 1 heterocycles. The lowest BCUT2D eigenvalue weighted by molar-refractivity contribution is 0.159. The predicted molar refractivity (Wildman–Crippen MR) is 41.0 cm³/mol. The standard InChI is InChI=1S/C8H11NO2/c1-2-3-4-5-9-6-7-11-8(9)10/h4-7H2,1H3. The van der Waals surface area contributed by atoms with Crippen molar-refractivity contribution in [2.75, 3.05) is 19.7 Å². The number of ether oxygens (including phenoxy) is 1. The SMILES string of the molecule is CC#CCCN1CCOC1=O. The first-order valence-corrected chi connectivity index (χ1v) is 3.66. The molecule has 3 nitrogen and oxygen atoms in total. The van der Waals surface area contributed by atoms with Crippen LogP contribution in [0.15, 0.2) is 0 Å². The fourth-order valence-corrected chi connectivity index (χ4v) is 0.945. The predicted octanol–water partition coefficient (Wildman–Crippen LogP) is 0.852. The van der Waals surface area contributed by atoms with E-state index in [1.165, 1.54) is 0 Å². The zero-order valence-electron chi connectivity index (χ0n) is 6.59. The third-order valence-corrected chi connectivity index (χ3v) is 1.53. The van der Waals surface area contributed by atoms with Crippen molar-refractivity contribution >= 4 is 6.09 Å². The van der Waals surface area contributed by atoms with E-state index in [1.54, 1.807) is 11.8 Å². The van der Waals surface area contributed by atoms with Gasteiger partial charge < -0.3 is 9.64 Å². The molecule has 0 radical (unpaired) electrons. The largest absolute Gasteiger partial charge is 0.448 e. The summed E-state index contributed by atoms with van der Waals surface area (Å²) in [6, 6.07) is 0. The van der Waals surface area contributed by atoms with Gasteiger partial charge in [-0.1, -0.05) is 0 Å². The highest BCUT2D eigenvalue weighted by atomic mass is 16.6. The first-order chi connectivity index (χ1) is 5.34. The van der Waals surface area contributed by atoms with Crippen LogP contribution in [0.3, 0.4) is 0 Å². The fraction of sp³-hybridized carbons (Fsp3) is 0.625. The Morgan fingerprint density at radius 3 is 3.09 bits per heavy atom. The van der Waals surface area contributed by atoms with Crippen molar-refractivity contribution in [1.29, 1.82) is 0 Å². The summed E-state index contributed by atoms with van der Waals surface area (Å²) >= 11 is 0. The van der Waals surface area contributed by atoms with E-state index in [-0.39, 0.29) is 6.09 Å². The van der Waals surface area contributed by atoms with Crippen LogP contribution < -0.4 is 0 Å². The summed E-state index contributed by atoms with van der Waals surface area (Å²) in [7, 11) is 0. The minimum absolute atomic E-state index is 0.206. The van der Waals surface area contributed by atoms with Crippen LogP contribution in [0.2, 0.25) is 0 Å². The molecule has 0 aromatic rings. The Hall–Kier alpha value is -1.17. The zero-order valence-corrected chi connectivity index (χ0v) is 6.59. The Labute approximate surface area is 66.3 Å². The highest BCUT2D eigenvalue weighted by Gasteiger charge is 2.20. The fourth-order valence-electron chi connectivity index (χ4n) is 0.945. The van der Waals surface area contributed by atoms with E-state index in [4.69, 9.17) is 4.74 Å². The number of cyclic esters (lactones) is 1. The molecule has 0 saturated carbocycles. The van der Waals surface area contributed by atoms with E-state index in [2.05, 4.69) is 11.8 Å². The summed E-state index contributed by atoms with van der Waals surface area (Å²) < 4.78 is 4.73. The highest BCUT2D eigenvalue weighted by Crippen LogP contribution is 2.02. The Morgan fingerprint density at radius 2 is 2.55 bits per heavy atom. The van der Waals surface area contributed by atoms with Crippen LogP contribution in [0.25, 0.3) is 0 Å². The first-order valence-electron chi connectivity index (χ1n) is 3.66. The van der Waals surface area contributed by atoms with Crippen LogP contribution in [-0.2, 0) is 4.74 Å². The van der Waals surface area contributed by atoms with Gasteiger partial charge >= 0.3 is 6.09 Å². The lowest BCUT2D eigenvalue weighted by Gasteiger charge is -2.08. The number of nitrogens with zero attached hydrogens (tertiary/aromatic N) is 1. The third kappa shape index (κ3) is 2.15. The average Bonchev–Trinajstić information content (AvgIpc) is 2.37. The van der Waals surface area contributed by atoms with Crippen molar-refractivity contribution in [2.24, 2.45) is 0 Å². The second-order valence-corrected chi connectivity index (χ2v) is 2.28. The van der Waals surface area contributed by atoms with Crippen LogP contribution in [0, 0.1) is 11.8 Å². The summed E-state index contributed by atoms with van der Waals surface area (Å²) in [5.74, 6) is 5.67. The maximum atomic E-state index is 10.8. The van der Waals surface area contributed by atoms with Crippen molar-refractivity contribution in [2.45, 2.75) is 13.3 Å². The molecule has 0 bridgehead atoms. The molecule has 1 fully saturated rings. The summed E-state index contributed by atoms with van der Waals surface area (Å²) in [5.41, 5.74) is 0. The van der Waals surface area contributed by atoms with Crippen LogP contribution in [0.4, 0.5) is 4.79 Å². The number of carbonyl (C=O) groups is 1. The van der Waals surface area contributed by atoms with Gasteiger partial charge in [0, 0.05) is 13.0 Å². The van der Waals surface area contributed by atoms with Gasteiger partial charge in [-0.3, -0.25) is 0 Å². The summed E-state index contributed by atoms with van der Waals surface area (Å²) in [6.45, 7) is 3.73. The zero-order chi connectivity index (χ0) is 8.10. The van der Waals surface area contributed by atoms with Gasteiger partial charge in [0.15, 0.2) is 0 Å². The third-order valence-electron chi connectivity index (χ3n) is 1.53. The monoisotopic (exact) mass is 153 g/mol. The van der Waals surface area contributed by atoms with E-state index in [0.717, 1.165) is 6.42 Å². The normalized spacial score (nSPS) is 15.7. The van der Waals surface area contributed by atoms with E-state index >= 15 is 0 Å². The van der Waals surface area contributed by atoms with Gasteiger partial charge in [0.05, 0.1) is 6.54 Å². The number of carbonyl (C=O) groups excluding carboxylic acids is 1. The van der Waals surface area contributed by atoms with Gasteiger partial charge in [-0.05, 0) is 6.92 Å². The first kappa shape index (κ1) is 7.93. The molecule has 1 saturated heterocycles. The molecular weight excluding hydrogens is 142 g/mol. The minimum atomic E-state index is -0.206. The van der Waals surface area contributed by atoms with Gasteiger partial charge in [0.2, 0.25) is 0 Å². The Balaban J connectivity index is 2.24. The van der Waals surface area contributed by atoms with Crippen LogP contribution in [0.1, 0.15) is 13.3 Å². The van der Waals surface area contributed by atoms with Gasteiger partial charge in [0.1, 0.15) is 6.61 Å². The average molecular weight is 153 g/mol.